The van der Waals surface area contributed by atoms with Gasteiger partial charge in [-0.05, 0) is 152 Å². The molecule has 6 aliphatic rings. The summed E-state index contributed by atoms with van der Waals surface area (Å²) in [5.74, 6) is 0. The van der Waals surface area contributed by atoms with Gasteiger partial charge >= 0.3 is 12.2 Å². The second-order valence-corrected chi connectivity index (χ2v) is 24.5. The van der Waals surface area contributed by atoms with E-state index < -0.39 is 44.5 Å². The van der Waals surface area contributed by atoms with Crippen LogP contribution in [0.3, 0.4) is 0 Å². The minimum absolute atomic E-state index is 0.227. The molecule has 2 unspecified atom stereocenters. The van der Waals surface area contributed by atoms with Gasteiger partial charge in [0.2, 0.25) is 0 Å². The van der Waals surface area contributed by atoms with Gasteiger partial charge in [-0.25, -0.2) is 9.59 Å². The van der Waals surface area contributed by atoms with Crippen molar-refractivity contribution in [2.45, 2.75) is 164 Å². The Bertz CT molecular complexity index is 2400. The first kappa shape index (κ1) is 50.1. The van der Waals surface area contributed by atoms with Crippen LogP contribution in [0.1, 0.15) is 128 Å². The molecule has 2 amide bonds. The predicted octanol–water partition coefficient (Wildman–Crippen LogP) is 12.4. The average Bonchev–Trinajstić information content (AvgIpc) is 3.25. The van der Waals surface area contributed by atoms with Crippen molar-refractivity contribution < 1.29 is 36.8 Å². The highest BCUT2D eigenvalue weighted by molar-refractivity contribution is 9.10. The summed E-state index contributed by atoms with van der Waals surface area (Å²) in [6.45, 7) is 12.2. The van der Waals surface area contributed by atoms with Crippen molar-refractivity contribution in [3.63, 3.8) is 0 Å². The van der Waals surface area contributed by atoms with Crippen LogP contribution in [0, 0.1) is 0 Å². The van der Waals surface area contributed by atoms with E-state index in [1.54, 1.807) is 0 Å². The Labute approximate surface area is 409 Å². The van der Waals surface area contributed by atoms with Crippen molar-refractivity contribution in [1.29, 1.82) is 0 Å². The minimum atomic E-state index is -3.70. The molecule has 10 rings (SSSR count). The molecule has 0 saturated heterocycles. The van der Waals surface area contributed by atoms with Gasteiger partial charge in [0.15, 0.2) is 0 Å². The molecule has 4 aromatic rings. The highest BCUT2D eigenvalue weighted by atomic mass is 79.9. The lowest BCUT2D eigenvalue weighted by atomic mass is 9.53. The van der Waals surface area contributed by atoms with Crippen molar-refractivity contribution in [2.75, 3.05) is 6.26 Å². The number of hydrogen-bond acceptors (Lipinski definition) is 8. The Hall–Kier alpha value is -3.75. The molecule has 1 N–H and O–H groups in total. The van der Waals surface area contributed by atoms with Crippen LogP contribution in [-0.4, -0.2) is 76.3 Å². The van der Waals surface area contributed by atoms with Gasteiger partial charge in [-0.15, -0.1) is 0 Å². The van der Waals surface area contributed by atoms with Crippen LogP contribution in [0.5, 0.6) is 0 Å². The highest BCUT2D eigenvalue weighted by Gasteiger charge is 2.61. The number of carbonyl (C=O) groups excluding carboxylic acids is 2. The zero-order valence-corrected chi connectivity index (χ0v) is 43.4. The molecule has 0 radical (unpaired) electrons. The van der Waals surface area contributed by atoms with Gasteiger partial charge < -0.3 is 14.6 Å². The van der Waals surface area contributed by atoms with E-state index >= 15 is 0 Å². The van der Waals surface area contributed by atoms with E-state index in [4.69, 9.17) is 13.7 Å². The molecular formula is C53H66Br2N2O8S. The number of aliphatic hydroxyl groups excluding tert-OH is 1. The second-order valence-electron chi connectivity index (χ2n) is 21.1. The quantitative estimate of drug-likeness (QED) is 0.156. The maximum Gasteiger partial charge on any atom is 0.411 e. The van der Waals surface area contributed by atoms with Crippen LogP contribution in [0.15, 0.2) is 118 Å². The third-order valence-corrected chi connectivity index (χ3v) is 16.0. The van der Waals surface area contributed by atoms with E-state index in [1.165, 1.54) is 5.56 Å². The van der Waals surface area contributed by atoms with E-state index in [0.717, 1.165) is 83.3 Å². The third kappa shape index (κ3) is 11.2. The number of nitrogens with zero attached hydrogens (tertiary/aromatic N) is 2. The Balaban J connectivity index is 0.000000198. The second kappa shape index (κ2) is 19.3. The van der Waals surface area contributed by atoms with Crippen LogP contribution in [-0.2, 0) is 47.7 Å². The summed E-state index contributed by atoms with van der Waals surface area (Å²) in [5, 5.41) is 11.4. The average molecular weight is 1050 g/mol. The SMILES string of the molecule is CC(C)(C)OC(=O)N(Cc1ccccc1)C12CCC(c3ccc(Br)cc3)(CC1)C(O)C2.CC(C)(C)OC(=O)N(Cc1ccccc1)C12CCC(c3ccc(Br)cc3)(CC1)C(OS(C)(=O)=O)C2. The lowest BCUT2D eigenvalue weighted by molar-refractivity contribution is -0.102. The van der Waals surface area contributed by atoms with Crippen LogP contribution >= 0.6 is 31.9 Å². The van der Waals surface area contributed by atoms with Crippen LogP contribution < -0.4 is 0 Å². The molecule has 0 spiro atoms. The molecule has 10 nitrogen and oxygen atoms in total. The first-order valence-corrected chi connectivity index (χ1v) is 26.5. The highest BCUT2D eigenvalue weighted by Crippen LogP contribution is 2.58. The zero-order valence-electron chi connectivity index (χ0n) is 39.4. The molecule has 356 valence electrons. The Morgan fingerprint density at radius 2 is 0.955 bits per heavy atom. The third-order valence-electron chi connectivity index (χ3n) is 14.4. The number of halogens is 2. The fourth-order valence-electron chi connectivity index (χ4n) is 11.1. The predicted molar refractivity (Wildman–Crippen MR) is 265 cm³/mol. The number of benzene rings is 4. The minimum Gasteiger partial charge on any atom is -0.444 e. The van der Waals surface area contributed by atoms with Gasteiger partial charge in [-0.2, -0.15) is 8.42 Å². The molecule has 0 heterocycles. The molecule has 66 heavy (non-hydrogen) atoms. The van der Waals surface area contributed by atoms with Crippen molar-refractivity contribution in [2.24, 2.45) is 0 Å². The van der Waals surface area contributed by atoms with Crippen molar-refractivity contribution >= 4 is 54.2 Å². The summed E-state index contributed by atoms with van der Waals surface area (Å²) >= 11 is 7.01. The number of rotatable bonds is 10. The van der Waals surface area contributed by atoms with Crippen molar-refractivity contribution in [3.05, 3.63) is 140 Å². The van der Waals surface area contributed by atoms with Gasteiger partial charge in [0.25, 0.3) is 10.1 Å². The smallest absolute Gasteiger partial charge is 0.411 e. The van der Waals surface area contributed by atoms with Crippen LogP contribution in [0.4, 0.5) is 9.59 Å². The maximum absolute atomic E-state index is 13.6. The summed E-state index contributed by atoms with van der Waals surface area (Å²) in [4.78, 5) is 30.7. The lowest BCUT2D eigenvalue weighted by Gasteiger charge is -2.60. The van der Waals surface area contributed by atoms with Crippen molar-refractivity contribution in [1.82, 2.24) is 9.80 Å². The molecule has 4 bridgehead atoms. The fraction of sp³-hybridized carbons (Fsp3) is 0.509. The van der Waals surface area contributed by atoms with Gasteiger partial charge in [-0.1, -0.05) is 117 Å². The van der Waals surface area contributed by atoms with E-state index in [-0.39, 0.29) is 23.1 Å². The number of hydrogen-bond donors (Lipinski definition) is 1. The first-order chi connectivity index (χ1) is 31.0. The summed E-state index contributed by atoms with van der Waals surface area (Å²) < 4.78 is 44.2. The topological polar surface area (TPSA) is 123 Å². The molecule has 6 saturated carbocycles. The lowest BCUT2D eigenvalue weighted by Crippen LogP contribution is -2.65. The molecule has 2 atom stereocenters. The zero-order chi connectivity index (χ0) is 47.8. The molecule has 13 heteroatoms. The Kier molecular flexibility index (Phi) is 14.7. The van der Waals surface area contributed by atoms with Gasteiger partial charge in [0.1, 0.15) is 11.2 Å². The van der Waals surface area contributed by atoms with E-state index in [9.17, 15) is 23.1 Å². The Morgan fingerprint density at radius 1 is 0.591 bits per heavy atom. The molecule has 6 aliphatic carbocycles. The molecule has 6 fully saturated rings. The summed E-state index contributed by atoms with van der Waals surface area (Å²) in [6, 6.07) is 36.3. The number of aliphatic hydroxyl groups is 1. The van der Waals surface area contributed by atoms with Gasteiger partial charge in [-0.3, -0.25) is 14.0 Å². The van der Waals surface area contributed by atoms with Gasteiger partial charge in [0, 0.05) is 43.9 Å². The number of amides is 2. The molecular weight excluding hydrogens is 984 g/mol. The van der Waals surface area contributed by atoms with E-state index in [1.807, 2.05) is 124 Å². The largest absolute Gasteiger partial charge is 0.444 e. The normalized spacial score (nSPS) is 27.0. The fourth-order valence-corrected chi connectivity index (χ4v) is 12.3. The number of carbonyl (C=O) groups is 2. The summed E-state index contributed by atoms with van der Waals surface area (Å²) in [5.41, 5.74) is 1.57. The molecule has 0 aromatic heterocycles. The van der Waals surface area contributed by atoms with Crippen molar-refractivity contribution in [3.8, 4) is 0 Å². The molecule has 0 aliphatic heterocycles. The number of ether oxygens (including phenoxy) is 2. The monoisotopic (exact) mass is 1050 g/mol. The van der Waals surface area contributed by atoms with Gasteiger partial charge in [0.05, 0.1) is 18.5 Å². The summed E-state index contributed by atoms with van der Waals surface area (Å²) in [7, 11) is -3.70. The number of fused-ring (bicyclic) bond motifs is 6. The van der Waals surface area contributed by atoms with E-state index in [2.05, 4.69) is 68.3 Å². The van der Waals surface area contributed by atoms with Crippen LogP contribution in [0.25, 0.3) is 0 Å². The van der Waals surface area contributed by atoms with Crippen LogP contribution in [0.2, 0.25) is 0 Å². The molecule has 4 aromatic carbocycles. The van der Waals surface area contributed by atoms with E-state index in [0.29, 0.717) is 25.9 Å². The summed E-state index contributed by atoms with van der Waals surface area (Å²) in [6.07, 6.45) is 6.80. The Morgan fingerprint density at radius 3 is 1.32 bits per heavy atom. The maximum atomic E-state index is 13.6. The standard InChI is InChI=1S/C27H34BrNO5S.C26H32BrNO3/c1-25(2,3)33-24(30)29(19-20-8-6-5-7-9-20)26-14-16-27(17-15-26,21-10-12-22(28)13-11-21)23(18-26)34-35(4,31)32;1-24(2,3)31-23(30)28(18-19-7-5-4-6-8-19)25-13-15-26(16-14-25,22(29)17-25)20-9-11-21(27)12-10-20/h5-13,23H,14-19H2,1-4H3;4-12,22,29H,13-18H2,1-3H3. The first-order valence-electron chi connectivity index (χ1n) is 23.1.